The molecule has 7 aliphatic rings. The van der Waals surface area contributed by atoms with Crippen LogP contribution >= 0.6 is 0 Å². The zero-order chi connectivity index (χ0) is 15.0. The summed E-state index contributed by atoms with van der Waals surface area (Å²) in [7, 11) is 0. The van der Waals surface area contributed by atoms with E-state index in [9.17, 15) is 10.5 Å². The first-order valence-electron chi connectivity index (χ1n) is 9.24. The standard InChI is InChI=1S/C21H18N2/c22-5-3-8-12-7-13-9(4-6-23)15-11-2-1-10-14(8)19-17(12)18(13)20(15)21(19)16(10)11/h1-4,10-21H,7H2/b8-3+,9-4+/t10-,11+,12+,13-,14-,15-,16?,17+,18-,19-,20-,21?/m1/s1. The molecule has 0 radical (unpaired) electrons. The third-order valence-corrected chi connectivity index (χ3v) is 9.30. The van der Waals surface area contributed by atoms with Gasteiger partial charge in [-0.3, -0.25) is 0 Å². The van der Waals surface area contributed by atoms with Crippen LogP contribution in [0, 0.1) is 93.7 Å². The summed E-state index contributed by atoms with van der Waals surface area (Å²) in [5.74, 6) is 9.24. The highest BCUT2D eigenvalue weighted by atomic mass is 14.8. The van der Waals surface area contributed by atoms with Crippen molar-refractivity contribution in [1.29, 1.82) is 10.5 Å². The Kier molecular flexibility index (Phi) is 1.70. The number of nitriles is 2. The zero-order valence-corrected chi connectivity index (χ0v) is 12.8. The molecule has 6 fully saturated rings. The van der Waals surface area contributed by atoms with Gasteiger partial charge in [0.05, 0.1) is 12.1 Å². The van der Waals surface area contributed by atoms with E-state index in [0.29, 0.717) is 35.5 Å². The van der Waals surface area contributed by atoms with Crippen LogP contribution in [-0.2, 0) is 0 Å². The summed E-state index contributed by atoms with van der Waals surface area (Å²) in [5.41, 5.74) is 3.01. The highest BCUT2D eigenvalue weighted by molar-refractivity contribution is 5.47. The van der Waals surface area contributed by atoms with Crippen LogP contribution in [-0.4, -0.2) is 0 Å². The van der Waals surface area contributed by atoms with E-state index in [0.717, 1.165) is 35.5 Å². The van der Waals surface area contributed by atoms with E-state index in [1.54, 1.807) is 0 Å². The van der Waals surface area contributed by atoms with Crippen LogP contribution in [0.25, 0.3) is 0 Å². The van der Waals surface area contributed by atoms with Crippen molar-refractivity contribution >= 4 is 0 Å². The largest absolute Gasteiger partial charge is 0.193 e. The Hall–Kier alpha value is -1.80. The number of rotatable bonds is 0. The minimum Gasteiger partial charge on any atom is -0.193 e. The fourth-order valence-electron chi connectivity index (χ4n) is 9.58. The molecule has 0 aromatic rings. The molecule has 0 aromatic heterocycles. The molecule has 112 valence electrons. The van der Waals surface area contributed by atoms with Gasteiger partial charge in [0.2, 0.25) is 0 Å². The SMILES string of the molecule is N#C/C=C1/[C@H]2[C@H]3C4C5[C@H]2C=C[C@@H]5[C@H]2/C(=C/C#N)[C@@H]5C[C@H]1[C@@H]3[C@H]5[C@H]42. The maximum Gasteiger partial charge on any atom is 0.0911 e. The minimum absolute atomic E-state index is 0.654. The first-order chi connectivity index (χ1) is 11.4. The second kappa shape index (κ2) is 3.34. The molecule has 0 aromatic carbocycles. The van der Waals surface area contributed by atoms with E-state index in [1.807, 2.05) is 12.2 Å². The molecule has 2 unspecified atom stereocenters. The molecule has 12 atom stereocenters. The first-order valence-corrected chi connectivity index (χ1v) is 9.24. The lowest BCUT2D eigenvalue weighted by Crippen LogP contribution is -2.21. The lowest BCUT2D eigenvalue weighted by Gasteiger charge is -2.27. The highest BCUT2D eigenvalue weighted by Crippen LogP contribution is 2.85. The molecule has 23 heavy (non-hydrogen) atoms. The van der Waals surface area contributed by atoms with E-state index >= 15 is 0 Å². The Morgan fingerprint density at radius 3 is 1.74 bits per heavy atom. The van der Waals surface area contributed by atoms with Crippen molar-refractivity contribution in [2.75, 3.05) is 0 Å². The number of hydrogen-bond acceptors (Lipinski definition) is 2. The normalized spacial score (nSPS) is 66.9. The van der Waals surface area contributed by atoms with Crippen molar-refractivity contribution in [2.24, 2.45) is 71.0 Å². The van der Waals surface area contributed by atoms with Crippen molar-refractivity contribution in [2.45, 2.75) is 6.42 Å². The predicted octanol–water partition coefficient (Wildman–Crippen LogP) is 3.32. The maximum absolute atomic E-state index is 9.36. The second-order valence-corrected chi connectivity index (χ2v) is 9.05. The highest BCUT2D eigenvalue weighted by Gasteiger charge is 2.80. The van der Waals surface area contributed by atoms with Gasteiger partial charge in [0.1, 0.15) is 0 Å². The Morgan fingerprint density at radius 2 is 1.26 bits per heavy atom. The number of nitrogens with zero attached hydrogens (tertiary/aromatic N) is 2. The van der Waals surface area contributed by atoms with E-state index < -0.39 is 0 Å². The number of fused-ring (bicyclic) bond motifs is 2. The summed E-state index contributed by atoms with van der Waals surface area (Å²) >= 11 is 0. The molecule has 7 rings (SSSR count). The topological polar surface area (TPSA) is 47.6 Å². The zero-order valence-electron chi connectivity index (χ0n) is 12.8. The summed E-state index contributed by atoms with van der Waals surface area (Å²) in [4.78, 5) is 0. The average Bonchev–Trinajstić information content (AvgIpc) is 3.28. The van der Waals surface area contributed by atoms with Crippen molar-refractivity contribution < 1.29 is 0 Å². The van der Waals surface area contributed by atoms with E-state index in [2.05, 4.69) is 24.3 Å². The van der Waals surface area contributed by atoms with Crippen molar-refractivity contribution in [3.05, 3.63) is 35.5 Å². The molecule has 0 aliphatic heterocycles. The van der Waals surface area contributed by atoms with Crippen molar-refractivity contribution in [3.8, 4) is 12.1 Å². The Balaban J connectivity index is 1.54. The molecule has 0 spiro atoms. The molecule has 6 saturated carbocycles. The summed E-state index contributed by atoms with van der Waals surface area (Å²) in [6, 6.07) is 4.76. The molecule has 0 bridgehead atoms. The van der Waals surface area contributed by atoms with Gasteiger partial charge in [-0.15, -0.1) is 0 Å². The van der Waals surface area contributed by atoms with Crippen LogP contribution in [0.3, 0.4) is 0 Å². The number of allylic oxidation sites excluding steroid dienone is 6. The summed E-state index contributed by atoms with van der Waals surface area (Å²) in [6.07, 6.45) is 10.1. The van der Waals surface area contributed by atoms with Crippen LogP contribution < -0.4 is 0 Å². The van der Waals surface area contributed by atoms with Crippen LogP contribution in [0.4, 0.5) is 0 Å². The second-order valence-electron chi connectivity index (χ2n) is 9.05. The molecule has 7 aliphatic carbocycles. The summed E-state index contributed by atoms with van der Waals surface area (Å²) in [5, 5.41) is 18.7. The van der Waals surface area contributed by atoms with Gasteiger partial charge in [-0.2, -0.15) is 10.5 Å². The first kappa shape index (κ1) is 11.7. The summed E-state index contributed by atoms with van der Waals surface area (Å²) < 4.78 is 0. The molecular weight excluding hydrogens is 280 g/mol. The van der Waals surface area contributed by atoms with E-state index in [4.69, 9.17) is 0 Å². The van der Waals surface area contributed by atoms with Gasteiger partial charge < -0.3 is 0 Å². The third-order valence-electron chi connectivity index (χ3n) is 9.30. The molecule has 0 saturated heterocycles. The minimum atomic E-state index is 0.654. The van der Waals surface area contributed by atoms with E-state index in [1.165, 1.54) is 17.6 Å². The third kappa shape index (κ3) is 0.922. The van der Waals surface area contributed by atoms with Gasteiger partial charge in [-0.25, -0.2) is 0 Å². The molecule has 2 nitrogen and oxygen atoms in total. The van der Waals surface area contributed by atoms with Gasteiger partial charge in [-0.1, -0.05) is 23.3 Å². The Labute approximate surface area is 136 Å². The molecular formula is C21H18N2. The Bertz CT molecular complexity index is 767. The molecule has 2 heteroatoms. The van der Waals surface area contributed by atoms with Gasteiger partial charge in [0.15, 0.2) is 0 Å². The van der Waals surface area contributed by atoms with Gasteiger partial charge in [-0.05, 0) is 77.4 Å². The van der Waals surface area contributed by atoms with Crippen LogP contribution in [0.2, 0.25) is 0 Å². The van der Waals surface area contributed by atoms with Gasteiger partial charge in [0, 0.05) is 12.2 Å². The van der Waals surface area contributed by atoms with Crippen LogP contribution in [0.5, 0.6) is 0 Å². The molecule has 0 heterocycles. The van der Waals surface area contributed by atoms with Gasteiger partial charge in [0.25, 0.3) is 0 Å². The number of hydrogen-bond donors (Lipinski definition) is 0. The smallest absolute Gasteiger partial charge is 0.0911 e. The average molecular weight is 298 g/mol. The lowest BCUT2D eigenvalue weighted by atomic mass is 9.76. The quantitative estimate of drug-likeness (QED) is 0.509. The van der Waals surface area contributed by atoms with Crippen molar-refractivity contribution in [1.82, 2.24) is 0 Å². The van der Waals surface area contributed by atoms with Gasteiger partial charge >= 0.3 is 0 Å². The molecule has 0 N–H and O–H groups in total. The van der Waals surface area contributed by atoms with Crippen LogP contribution in [0.1, 0.15) is 6.42 Å². The predicted molar refractivity (Wildman–Crippen MR) is 83.0 cm³/mol. The molecule has 0 amide bonds. The maximum atomic E-state index is 9.36. The lowest BCUT2D eigenvalue weighted by molar-refractivity contribution is 0.294. The van der Waals surface area contributed by atoms with Crippen molar-refractivity contribution in [3.63, 3.8) is 0 Å². The monoisotopic (exact) mass is 298 g/mol. The fraction of sp³-hybridized carbons (Fsp3) is 0.619. The Morgan fingerprint density at radius 1 is 0.739 bits per heavy atom. The fourth-order valence-corrected chi connectivity index (χ4v) is 9.58. The van der Waals surface area contributed by atoms with Crippen LogP contribution in [0.15, 0.2) is 35.5 Å². The summed E-state index contributed by atoms with van der Waals surface area (Å²) in [6.45, 7) is 0. The van der Waals surface area contributed by atoms with E-state index in [-0.39, 0.29) is 0 Å².